The summed E-state index contributed by atoms with van der Waals surface area (Å²) in [4.78, 5) is 5.28. The molecule has 0 fully saturated rings. The normalized spacial score (nSPS) is 13.2. The molecular weight excluding hydrogens is 228 g/mol. The quantitative estimate of drug-likeness (QED) is 0.658. The van der Waals surface area contributed by atoms with E-state index in [0.29, 0.717) is 11.2 Å². The van der Waals surface area contributed by atoms with Crippen LogP contribution >= 0.6 is 11.8 Å². The molecule has 0 radical (unpaired) electrons. The van der Waals surface area contributed by atoms with Crippen LogP contribution in [0.1, 0.15) is 20.8 Å². The molecule has 1 aromatic heterocycles. The lowest BCUT2D eigenvalue weighted by atomic mass is 10.1. The largest absolute Gasteiger partial charge is 0.397 e. The number of hydrogen-bond acceptors (Lipinski definition) is 3. The van der Waals surface area contributed by atoms with Crippen molar-refractivity contribution in [2.45, 2.75) is 30.9 Å². The number of nitrogen functional groups attached to an aromatic ring is 1. The maximum atomic E-state index is 6.22. The van der Waals surface area contributed by atoms with Gasteiger partial charge in [-0.15, -0.1) is 11.8 Å². The Morgan fingerprint density at radius 3 is 2.65 bits per heavy atom. The number of aromatic nitrogens is 1. The van der Waals surface area contributed by atoms with Gasteiger partial charge in [-0.1, -0.05) is 26.8 Å². The molecule has 0 aliphatic rings. The SMILES string of the molecule is CC(C)C(C)Sc1ccc2cnccc2c1N. The van der Waals surface area contributed by atoms with Gasteiger partial charge >= 0.3 is 0 Å². The van der Waals surface area contributed by atoms with Crippen LogP contribution < -0.4 is 5.73 Å². The third-order valence-electron chi connectivity index (χ3n) is 3.07. The van der Waals surface area contributed by atoms with E-state index < -0.39 is 0 Å². The van der Waals surface area contributed by atoms with Crippen molar-refractivity contribution in [1.82, 2.24) is 4.98 Å². The second-order valence-electron chi connectivity index (χ2n) is 4.64. The first-order valence-electron chi connectivity index (χ1n) is 5.88. The predicted octanol–water partition coefficient (Wildman–Crippen LogP) is 3.95. The summed E-state index contributed by atoms with van der Waals surface area (Å²) in [6.45, 7) is 6.71. The van der Waals surface area contributed by atoms with Crippen LogP contribution in [-0.4, -0.2) is 10.2 Å². The van der Waals surface area contributed by atoms with Crippen LogP contribution in [0.15, 0.2) is 35.5 Å². The number of anilines is 1. The number of nitrogens with zero attached hydrogens (tertiary/aromatic N) is 1. The van der Waals surface area contributed by atoms with E-state index in [0.717, 1.165) is 16.5 Å². The number of fused-ring (bicyclic) bond motifs is 1. The van der Waals surface area contributed by atoms with Gasteiger partial charge in [0.25, 0.3) is 0 Å². The van der Waals surface area contributed by atoms with Gasteiger partial charge < -0.3 is 5.73 Å². The molecule has 0 bridgehead atoms. The van der Waals surface area contributed by atoms with Crippen molar-refractivity contribution in [3.63, 3.8) is 0 Å². The summed E-state index contributed by atoms with van der Waals surface area (Å²) in [7, 11) is 0. The van der Waals surface area contributed by atoms with E-state index in [2.05, 4.69) is 37.9 Å². The van der Waals surface area contributed by atoms with E-state index in [9.17, 15) is 0 Å². The maximum absolute atomic E-state index is 6.22. The van der Waals surface area contributed by atoms with E-state index in [1.165, 1.54) is 4.90 Å². The van der Waals surface area contributed by atoms with E-state index >= 15 is 0 Å². The average molecular weight is 246 g/mol. The zero-order chi connectivity index (χ0) is 12.4. The van der Waals surface area contributed by atoms with E-state index in [4.69, 9.17) is 5.73 Å². The summed E-state index contributed by atoms with van der Waals surface area (Å²) in [6.07, 6.45) is 3.64. The second kappa shape index (κ2) is 4.96. The zero-order valence-electron chi connectivity index (χ0n) is 10.5. The molecule has 2 N–H and O–H groups in total. The standard InChI is InChI=1S/C14H18N2S/c1-9(2)10(3)17-13-5-4-11-8-16-7-6-12(11)14(13)15/h4-10H,15H2,1-3H3. The fourth-order valence-electron chi connectivity index (χ4n) is 1.61. The Bertz CT molecular complexity index is 523. The lowest BCUT2D eigenvalue weighted by molar-refractivity contribution is 0.642. The molecule has 0 saturated carbocycles. The summed E-state index contributed by atoms with van der Waals surface area (Å²) in [5.41, 5.74) is 7.10. The van der Waals surface area contributed by atoms with Gasteiger partial charge in [0.05, 0.1) is 5.69 Å². The number of rotatable bonds is 3. The van der Waals surface area contributed by atoms with Crippen LogP contribution in [0.2, 0.25) is 0 Å². The highest BCUT2D eigenvalue weighted by Crippen LogP contribution is 2.35. The van der Waals surface area contributed by atoms with Gasteiger partial charge in [0.15, 0.2) is 0 Å². The second-order valence-corrected chi connectivity index (χ2v) is 6.06. The molecule has 0 saturated heterocycles. The lowest BCUT2D eigenvalue weighted by Crippen LogP contribution is -2.06. The van der Waals surface area contributed by atoms with Crippen LogP contribution in [0.4, 0.5) is 5.69 Å². The minimum atomic E-state index is 0.566. The van der Waals surface area contributed by atoms with Crippen molar-refractivity contribution in [3.8, 4) is 0 Å². The number of thioether (sulfide) groups is 1. The van der Waals surface area contributed by atoms with Gasteiger partial charge in [-0.25, -0.2) is 0 Å². The van der Waals surface area contributed by atoms with Crippen molar-refractivity contribution >= 4 is 28.2 Å². The van der Waals surface area contributed by atoms with Crippen molar-refractivity contribution in [2.24, 2.45) is 5.92 Å². The maximum Gasteiger partial charge on any atom is 0.0533 e. The van der Waals surface area contributed by atoms with Gasteiger partial charge in [-0.3, -0.25) is 4.98 Å². The Balaban J connectivity index is 2.39. The monoisotopic (exact) mass is 246 g/mol. The molecule has 1 aromatic carbocycles. The fraction of sp³-hybridized carbons (Fsp3) is 0.357. The van der Waals surface area contributed by atoms with Crippen LogP contribution in [0, 0.1) is 5.92 Å². The van der Waals surface area contributed by atoms with Crippen LogP contribution in [0.3, 0.4) is 0 Å². The van der Waals surface area contributed by atoms with Crippen LogP contribution in [0.5, 0.6) is 0 Å². The smallest absolute Gasteiger partial charge is 0.0533 e. The molecule has 0 spiro atoms. The fourth-order valence-corrected chi connectivity index (χ4v) is 2.67. The number of benzene rings is 1. The van der Waals surface area contributed by atoms with Gasteiger partial charge in [-0.2, -0.15) is 0 Å². The van der Waals surface area contributed by atoms with Gasteiger partial charge in [0, 0.05) is 33.3 Å². The van der Waals surface area contributed by atoms with Crippen molar-refractivity contribution in [2.75, 3.05) is 5.73 Å². The van der Waals surface area contributed by atoms with Crippen molar-refractivity contribution in [1.29, 1.82) is 0 Å². The summed E-state index contributed by atoms with van der Waals surface area (Å²) in [5.74, 6) is 0.646. The van der Waals surface area contributed by atoms with Crippen molar-refractivity contribution < 1.29 is 0 Å². The van der Waals surface area contributed by atoms with Gasteiger partial charge in [0.2, 0.25) is 0 Å². The third-order valence-corrected chi connectivity index (χ3v) is 4.60. The predicted molar refractivity (Wildman–Crippen MR) is 76.3 cm³/mol. The number of hydrogen-bond donors (Lipinski definition) is 1. The topological polar surface area (TPSA) is 38.9 Å². The molecule has 1 atom stereocenters. The highest BCUT2D eigenvalue weighted by Gasteiger charge is 2.12. The molecule has 0 amide bonds. The van der Waals surface area contributed by atoms with Crippen LogP contribution in [0.25, 0.3) is 10.8 Å². The van der Waals surface area contributed by atoms with Gasteiger partial charge in [-0.05, 0) is 18.1 Å². The Hall–Kier alpha value is -1.22. The Morgan fingerprint density at radius 2 is 1.94 bits per heavy atom. The minimum absolute atomic E-state index is 0.566. The molecule has 2 aromatic rings. The van der Waals surface area contributed by atoms with E-state index in [1.807, 2.05) is 24.0 Å². The van der Waals surface area contributed by atoms with E-state index in [1.54, 1.807) is 6.20 Å². The first-order chi connectivity index (χ1) is 8.09. The number of nitrogens with two attached hydrogens (primary N) is 1. The van der Waals surface area contributed by atoms with Crippen molar-refractivity contribution in [3.05, 3.63) is 30.6 Å². The van der Waals surface area contributed by atoms with Crippen LogP contribution in [-0.2, 0) is 0 Å². The molecule has 17 heavy (non-hydrogen) atoms. The molecule has 90 valence electrons. The summed E-state index contributed by atoms with van der Waals surface area (Å²) >= 11 is 1.85. The zero-order valence-corrected chi connectivity index (χ0v) is 11.3. The summed E-state index contributed by atoms with van der Waals surface area (Å²) in [5, 5.41) is 2.77. The Labute approximate surface area is 107 Å². The third kappa shape index (κ3) is 2.55. The molecule has 0 aliphatic carbocycles. The minimum Gasteiger partial charge on any atom is -0.397 e. The first-order valence-corrected chi connectivity index (χ1v) is 6.76. The molecule has 2 nitrogen and oxygen atoms in total. The first kappa shape index (κ1) is 12.2. The molecule has 3 heteroatoms. The molecule has 1 heterocycles. The lowest BCUT2D eigenvalue weighted by Gasteiger charge is -2.16. The average Bonchev–Trinajstić information content (AvgIpc) is 2.33. The summed E-state index contributed by atoms with van der Waals surface area (Å²) in [6, 6.07) is 6.17. The number of pyridine rings is 1. The molecule has 0 aliphatic heterocycles. The summed E-state index contributed by atoms with van der Waals surface area (Å²) < 4.78 is 0. The molecule has 1 unspecified atom stereocenters. The highest BCUT2D eigenvalue weighted by atomic mass is 32.2. The molecule has 2 rings (SSSR count). The Kier molecular flexibility index (Phi) is 3.57. The Morgan fingerprint density at radius 1 is 1.18 bits per heavy atom. The highest BCUT2D eigenvalue weighted by molar-refractivity contribution is 8.00. The molecular formula is C14H18N2S. The van der Waals surface area contributed by atoms with E-state index in [-0.39, 0.29) is 0 Å². The van der Waals surface area contributed by atoms with Gasteiger partial charge in [0.1, 0.15) is 0 Å².